The molecule has 1 fully saturated rings. The van der Waals surface area contributed by atoms with Crippen molar-refractivity contribution in [1.29, 1.82) is 0 Å². The summed E-state index contributed by atoms with van der Waals surface area (Å²) >= 11 is 0. The molecule has 0 aliphatic carbocycles. The Kier molecular flexibility index (Phi) is 5.51. The fourth-order valence-corrected chi connectivity index (χ4v) is 5.96. The van der Waals surface area contributed by atoms with E-state index in [4.69, 9.17) is 4.98 Å². The number of rotatable bonds is 4. The van der Waals surface area contributed by atoms with Crippen molar-refractivity contribution < 1.29 is 8.42 Å². The summed E-state index contributed by atoms with van der Waals surface area (Å²) in [5.41, 5.74) is 2.14. The van der Waals surface area contributed by atoms with Crippen molar-refractivity contribution in [3.63, 3.8) is 0 Å². The molecule has 158 valence electrons. The summed E-state index contributed by atoms with van der Waals surface area (Å²) in [6, 6.07) is 13.1. The number of hydrogen-bond acceptors (Lipinski definition) is 5. The molecule has 3 aromatic rings. The van der Waals surface area contributed by atoms with Gasteiger partial charge in [0.15, 0.2) is 0 Å². The lowest BCUT2D eigenvalue weighted by Crippen LogP contribution is -2.49. The van der Waals surface area contributed by atoms with Crippen LogP contribution >= 0.6 is 0 Å². The molecule has 0 spiro atoms. The quantitative estimate of drug-likeness (QED) is 0.636. The molecule has 1 aromatic heterocycles. The first-order valence-corrected chi connectivity index (χ1v) is 11.8. The standard InChI is InChI=1S/C23H28N4O2S/c1-16(2)22-17(3)24-18(4)25-23(22)26-12-14-27(15-13-26)30(28,29)21-11-7-9-19-8-5-6-10-20(19)21/h5-11,16H,12-15H2,1-4H3. The molecule has 0 atom stereocenters. The Bertz CT molecular complexity index is 1180. The van der Waals surface area contributed by atoms with Crippen molar-refractivity contribution in [3.05, 3.63) is 59.5 Å². The Morgan fingerprint density at radius 2 is 1.57 bits per heavy atom. The first kappa shape index (κ1) is 20.8. The van der Waals surface area contributed by atoms with Gasteiger partial charge in [0, 0.05) is 42.8 Å². The van der Waals surface area contributed by atoms with Gasteiger partial charge >= 0.3 is 0 Å². The minimum atomic E-state index is -3.56. The largest absolute Gasteiger partial charge is 0.354 e. The molecule has 0 saturated carbocycles. The third-order valence-electron chi connectivity index (χ3n) is 5.71. The SMILES string of the molecule is Cc1nc(C)c(C(C)C)c(N2CCN(S(=O)(=O)c3cccc4ccccc34)CC2)n1. The van der Waals surface area contributed by atoms with Crippen LogP contribution in [0.15, 0.2) is 47.4 Å². The van der Waals surface area contributed by atoms with Crippen LogP contribution in [0.3, 0.4) is 0 Å². The minimum Gasteiger partial charge on any atom is -0.354 e. The predicted octanol–water partition coefficient (Wildman–Crippen LogP) is 3.88. The number of benzene rings is 2. The molecule has 2 aromatic carbocycles. The lowest BCUT2D eigenvalue weighted by atomic mass is 10.0. The molecule has 0 N–H and O–H groups in total. The van der Waals surface area contributed by atoms with Crippen molar-refractivity contribution in [3.8, 4) is 0 Å². The van der Waals surface area contributed by atoms with Gasteiger partial charge in [-0.1, -0.05) is 50.2 Å². The smallest absolute Gasteiger partial charge is 0.243 e. The van der Waals surface area contributed by atoms with Gasteiger partial charge in [0.05, 0.1) is 4.90 Å². The second-order valence-corrected chi connectivity index (χ2v) is 10.0. The third-order valence-corrected chi connectivity index (χ3v) is 7.67. The molecule has 30 heavy (non-hydrogen) atoms. The molecule has 2 heterocycles. The van der Waals surface area contributed by atoms with Gasteiger partial charge < -0.3 is 4.90 Å². The van der Waals surface area contributed by atoms with Crippen molar-refractivity contribution >= 4 is 26.6 Å². The Hall–Kier alpha value is -2.51. The maximum absolute atomic E-state index is 13.4. The molecule has 0 amide bonds. The van der Waals surface area contributed by atoms with Crippen LogP contribution in [0.4, 0.5) is 5.82 Å². The van der Waals surface area contributed by atoms with E-state index in [2.05, 4.69) is 23.7 Å². The molecule has 1 saturated heterocycles. The van der Waals surface area contributed by atoms with Gasteiger partial charge in [-0.25, -0.2) is 18.4 Å². The lowest BCUT2D eigenvalue weighted by Gasteiger charge is -2.36. The topological polar surface area (TPSA) is 66.4 Å². The van der Waals surface area contributed by atoms with E-state index in [0.29, 0.717) is 37.0 Å². The van der Waals surface area contributed by atoms with E-state index in [9.17, 15) is 8.42 Å². The Morgan fingerprint density at radius 1 is 0.900 bits per heavy atom. The summed E-state index contributed by atoms with van der Waals surface area (Å²) in [4.78, 5) is 11.8. The van der Waals surface area contributed by atoms with E-state index < -0.39 is 10.0 Å². The molecular weight excluding hydrogens is 396 g/mol. The van der Waals surface area contributed by atoms with Crippen molar-refractivity contribution in [2.45, 2.75) is 38.5 Å². The zero-order valence-corrected chi connectivity index (χ0v) is 18.8. The van der Waals surface area contributed by atoms with Crippen molar-refractivity contribution in [1.82, 2.24) is 14.3 Å². The summed E-state index contributed by atoms with van der Waals surface area (Å²) in [7, 11) is -3.56. The van der Waals surface area contributed by atoms with Crippen LogP contribution in [0.5, 0.6) is 0 Å². The molecule has 1 aliphatic heterocycles. The van der Waals surface area contributed by atoms with Crippen molar-refractivity contribution in [2.24, 2.45) is 0 Å². The highest BCUT2D eigenvalue weighted by atomic mass is 32.2. The molecule has 7 heteroatoms. The average molecular weight is 425 g/mol. The van der Waals surface area contributed by atoms with Crippen LogP contribution in [0.1, 0.15) is 36.8 Å². The van der Waals surface area contributed by atoms with E-state index >= 15 is 0 Å². The highest BCUT2D eigenvalue weighted by Gasteiger charge is 2.31. The molecular formula is C23H28N4O2S. The minimum absolute atomic E-state index is 0.304. The van der Waals surface area contributed by atoms with Crippen LogP contribution < -0.4 is 4.90 Å². The normalized spacial score (nSPS) is 15.8. The number of aromatic nitrogens is 2. The van der Waals surface area contributed by atoms with E-state index in [1.807, 2.05) is 50.2 Å². The van der Waals surface area contributed by atoms with Gasteiger partial charge in [-0.3, -0.25) is 0 Å². The number of fused-ring (bicyclic) bond motifs is 1. The molecule has 0 radical (unpaired) electrons. The van der Waals surface area contributed by atoms with Crippen LogP contribution in [-0.4, -0.2) is 48.9 Å². The van der Waals surface area contributed by atoms with Gasteiger partial charge in [0.25, 0.3) is 0 Å². The second-order valence-electron chi connectivity index (χ2n) is 8.12. The Morgan fingerprint density at radius 3 is 2.27 bits per heavy atom. The van der Waals surface area contributed by atoms with Crippen LogP contribution in [0, 0.1) is 13.8 Å². The molecule has 1 aliphatic rings. The first-order valence-electron chi connectivity index (χ1n) is 10.4. The molecule has 4 rings (SSSR count). The van der Waals surface area contributed by atoms with E-state index in [0.717, 1.165) is 33.7 Å². The highest BCUT2D eigenvalue weighted by Crippen LogP contribution is 2.31. The van der Waals surface area contributed by atoms with E-state index in [-0.39, 0.29) is 0 Å². The highest BCUT2D eigenvalue weighted by molar-refractivity contribution is 7.89. The number of nitrogens with zero attached hydrogens (tertiary/aromatic N) is 4. The van der Waals surface area contributed by atoms with Crippen LogP contribution in [0.2, 0.25) is 0 Å². The van der Waals surface area contributed by atoms with Gasteiger partial charge in [0.1, 0.15) is 11.6 Å². The summed E-state index contributed by atoms with van der Waals surface area (Å²) in [5.74, 6) is 1.99. The van der Waals surface area contributed by atoms with E-state index in [1.165, 1.54) is 0 Å². The monoisotopic (exact) mass is 424 g/mol. The lowest BCUT2D eigenvalue weighted by molar-refractivity contribution is 0.383. The maximum Gasteiger partial charge on any atom is 0.243 e. The number of hydrogen-bond donors (Lipinski definition) is 0. The average Bonchev–Trinajstić information content (AvgIpc) is 2.72. The van der Waals surface area contributed by atoms with Crippen LogP contribution in [-0.2, 0) is 10.0 Å². The summed E-state index contributed by atoms with van der Waals surface area (Å²) in [6.45, 7) is 10.3. The third kappa shape index (κ3) is 3.68. The fourth-order valence-electron chi connectivity index (χ4n) is 4.32. The molecule has 0 bridgehead atoms. The van der Waals surface area contributed by atoms with Crippen LogP contribution in [0.25, 0.3) is 10.8 Å². The number of anilines is 1. The fraction of sp³-hybridized carbons (Fsp3) is 0.391. The second kappa shape index (κ2) is 7.96. The maximum atomic E-state index is 13.4. The number of sulfonamides is 1. The Labute approximate surface area is 178 Å². The number of aryl methyl sites for hydroxylation is 2. The summed E-state index contributed by atoms with van der Waals surface area (Å²) in [5, 5.41) is 1.71. The number of piperazine rings is 1. The van der Waals surface area contributed by atoms with E-state index in [1.54, 1.807) is 10.4 Å². The van der Waals surface area contributed by atoms with Crippen molar-refractivity contribution in [2.75, 3.05) is 31.1 Å². The molecule has 0 unspecified atom stereocenters. The predicted molar refractivity (Wildman–Crippen MR) is 121 cm³/mol. The van der Waals surface area contributed by atoms with Gasteiger partial charge in [-0.2, -0.15) is 4.31 Å². The first-order chi connectivity index (χ1) is 14.3. The summed E-state index contributed by atoms with van der Waals surface area (Å²) < 4.78 is 28.4. The Balaban J connectivity index is 1.61. The zero-order chi connectivity index (χ0) is 21.5. The summed E-state index contributed by atoms with van der Waals surface area (Å²) in [6.07, 6.45) is 0. The van der Waals surface area contributed by atoms with Gasteiger partial charge in [-0.15, -0.1) is 0 Å². The zero-order valence-electron chi connectivity index (χ0n) is 18.0. The van der Waals surface area contributed by atoms with Gasteiger partial charge in [-0.05, 0) is 31.2 Å². The molecule has 6 nitrogen and oxygen atoms in total. The van der Waals surface area contributed by atoms with Gasteiger partial charge in [0.2, 0.25) is 10.0 Å².